The molecule has 0 bridgehead atoms. The molecule has 1 aromatic rings. The largest absolute Gasteiger partial charge is 0.455 e. The number of carbonyl (C=O) groups is 2. The number of rotatable bonds is 4. The van der Waals surface area contributed by atoms with Crippen molar-refractivity contribution in [2.45, 2.75) is 50.8 Å². The number of carbonyl (C=O) groups excluding carboxylic acids is 2. The maximum Gasteiger partial charge on any atom is 0.303 e. The Bertz CT molecular complexity index is 633. The lowest BCUT2D eigenvalue weighted by Gasteiger charge is -2.47. The van der Waals surface area contributed by atoms with E-state index in [4.69, 9.17) is 28.4 Å². The number of benzene rings is 1. The molecule has 142 valence electrons. The molecule has 0 unspecified atom stereocenters. The van der Waals surface area contributed by atoms with E-state index in [0.29, 0.717) is 0 Å². The van der Waals surface area contributed by atoms with Crippen LogP contribution in [0, 0.1) is 0 Å². The van der Waals surface area contributed by atoms with Gasteiger partial charge in [-0.2, -0.15) is 0 Å². The summed E-state index contributed by atoms with van der Waals surface area (Å²) in [4.78, 5) is 23.1. The highest BCUT2D eigenvalue weighted by Gasteiger charge is 2.53. The first kappa shape index (κ1) is 18.8. The molecule has 0 aromatic heterocycles. The van der Waals surface area contributed by atoms with Crippen LogP contribution in [-0.2, 0) is 38.0 Å². The van der Waals surface area contributed by atoms with E-state index >= 15 is 0 Å². The molecule has 1 aromatic carbocycles. The van der Waals surface area contributed by atoms with Gasteiger partial charge in [0.25, 0.3) is 0 Å². The number of fused-ring (bicyclic) bond motifs is 1. The molecular weight excluding hydrogens is 344 g/mol. The fraction of sp³-hybridized carbons (Fsp3) is 0.556. The van der Waals surface area contributed by atoms with Crippen molar-refractivity contribution in [1.82, 2.24) is 0 Å². The molecule has 2 saturated heterocycles. The van der Waals surface area contributed by atoms with E-state index in [1.165, 1.54) is 21.0 Å². The Morgan fingerprint density at radius 1 is 1.00 bits per heavy atom. The summed E-state index contributed by atoms with van der Waals surface area (Å²) in [7, 11) is 1.42. The molecule has 3 rings (SSSR count). The van der Waals surface area contributed by atoms with Crippen molar-refractivity contribution in [3.8, 4) is 0 Å². The molecule has 2 aliphatic rings. The van der Waals surface area contributed by atoms with Crippen LogP contribution < -0.4 is 0 Å². The lowest BCUT2D eigenvalue weighted by Crippen LogP contribution is -2.64. The summed E-state index contributed by atoms with van der Waals surface area (Å²) in [5.41, 5.74) is 0.824. The Kier molecular flexibility index (Phi) is 5.87. The normalized spacial score (nSPS) is 33.8. The summed E-state index contributed by atoms with van der Waals surface area (Å²) >= 11 is 0. The van der Waals surface area contributed by atoms with Crippen LogP contribution in [0.5, 0.6) is 0 Å². The molecule has 8 nitrogen and oxygen atoms in total. The quantitative estimate of drug-likeness (QED) is 0.738. The van der Waals surface area contributed by atoms with Crippen molar-refractivity contribution in [3.05, 3.63) is 35.9 Å². The summed E-state index contributed by atoms with van der Waals surface area (Å²) in [6, 6.07) is 9.38. The number of methoxy groups -OCH3 is 1. The minimum Gasteiger partial charge on any atom is -0.455 e. The highest BCUT2D eigenvalue weighted by molar-refractivity contribution is 5.67. The molecule has 8 heteroatoms. The smallest absolute Gasteiger partial charge is 0.303 e. The van der Waals surface area contributed by atoms with Crippen molar-refractivity contribution in [3.63, 3.8) is 0 Å². The molecule has 26 heavy (non-hydrogen) atoms. The van der Waals surface area contributed by atoms with E-state index in [1.54, 1.807) is 0 Å². The average molecular weight is 366 g/mol. The lowest BCUT2D eigenvalue weighted by atomic mass is 9.97. The standard InChI is InChI=1S/C18H22O8/c1-10(19)23-15-14-13(25-18(21-3)16(15)24-11(2)20)9-22-17(26-14)12-7-5-4-6-8-12/h4-8,13-18H,9H2,1-3H3/t13-,14-,15+,16-,17-,18+/m1/s1. The van der Waals surface area contributed by atoms with Crippen molar-refractivity contribution < 1.29 is 38.0 Å². The van der Waals surface area contributed by atoms with Crippen LogP contribution in [0.2, 0.25) is 0 Å². The Labute approximate surface area is 151 Å². The third kappa shape index (κ3) is 4.04. The Morgan fingerprint density at radius 3 is 2.27 bits per heavy atom. The molecule has 0 amide bonds. The van der Waals surface area contributed by atoms with Gasteiger partial charge in [0.05, 0.1) is 6.61 Å². The maximum absolute atomic E-state index is 11.6. The fourth-order valence-electron chi connectivity index (χ4n) is 3.16. The van der Waals surface area contributed by atoms with Crippen LogP contribution in [0.1, 0.15) is 25.7 Å². The van der Waals surface area contributed by atoms with Crippen LogP contribution in [0.3, 0.4) is 0 Å². The van der Waals surface area contributed by atoms with Crippen LogP contribution in [0.15, 0.2) is 30.3 Å². The predicted octanol–water partition coefficient (Wildman–Crippen LogP) is 1.34. The molecule has 0 N–H and O–H groups in total. The minimum absolute atomic E-state index is 0.217. The highest BCUT2D eigenvalue weighted by Crippen LogP contribution is 2.36. The van der Waals surface area contributed by atoms with Gasteiger partial charge in [0.2, 0.25) is 0 Å². The zero-order valence-electron chi connectivity index (χ0n) is 14.8. The molecule has 2 fully saturated rings. The van der Waals surface area contributed by atoms with Gasteiger partial charge in [-0.15, -0.1) is 0 Å². The Morgan fingerprint density at radius 2 is 1.65 bits per heavy atom. The average Bonchev–Trinajstić information content (AvgIpc) is 2.63. The van der Waals surface area contributed by atoms with E-state index in [2.05, 4.69) is 0 Å². The van der Waals surface area contributed by atoms with Gasteiger partial charge in [-0.3, -0.25) is 9.59 Å². The third-order valence-electron chi connectivity index (χ3n) is 4.19. The first-order valence-electron chi connectivity index (χ1n) is 8.34. The predicted molar refractivity (Wildman–Crippen MR) is 86.8 cm³/mol. The molecule has 6 atom stereocenters. The maximum atomic E-state index is 11.6. The lowest BCUT2D eigenvalue weighted by molar-refractivity contribution is -0.359. The van der Waals surface area contributed by atoms with E-state index in [1.807, 2.05) is 30.3 Å². The number of esters is 2. The third-order valence-corrected chi connectivity index (χ3v) is 4.19. The van der Waals surface area contributed by atoms with Crippen LogP contribution in [0.25, 0.3) is 0 Å². The van der Waals surface area contributed by atoms with Gasteiger partial charge in [0, 0.05) is 26.5 Å². The van der Waals surface area contributed by atoms with Crippen molar-refractivity contribution in [2.24, 2.45) is 0 Å². The highest BCUT2D eigenvalue weighted by atomic mass is 16.8. The summed E-state index contributed by atoms with van der Waals surface area (Å²) in [6.45, 7) is 2.76. The topological polar surface area (TPSA) is 89.5 Å². The van der Waals surface area contributed by atoms with Gasteiger partial charge in [0.15, 0.2) is 24.8 Å². The molecule has 0 radical (unpaired) electrons. The molecule has 0 saturated carbocycles. The first-order valence-corrected chi connectivity index (χ1v) is 8.34. The van der Waals surface area contributed by atoms with Crippen molar-refractivity contribution >= 4 is 11.9 Å². The molecule has 2 heterocycles. The van der Waals surface area contributed by atoms with Crippen molar-refractivity contribution in [2.75, 3.05) is 13.7 Å². The van der Waals surface area contributed by atoms with Gasteiger partial charge in [-0.05, 0) is 0 Å². The SMILES string of the molecule is CO[C@H]1O[C@@H]2CO[C@@H](c3ccccc3)O[C@H]2[C@H](OC(C)=O)[C@H]1OC(C)=O. The fourth-order valence-corrected chi connectivity index (χ4v) is 3.16. The first-order chi connectivity index (χ1) is 12.5. The van der Waals surface area contributed by atoms with Crippen LogP contribution in [-0.4, -0.2) is 56.4 Å². The summed E-state index contributed by atoms with van der Waals surface area (Å²) in [6.07, 6.45) is -4.57. The molecule has 2 aliphatic heterocycles. The van der Waals surface area contributed by atoms with Gasteiger partial charge >= 0.3 is 11.9 Å². The second kappa shape index (κ2) is 8.13. The van der Waals surface area contributed by atoms with E-state index in [-0.39, 0.29) is 6.61 Å². The molecular formula is C18H22O8. The Balaban J connectivity index is 1.86. The monoisotopic (exact) mass is 366 g/mol. The van der Waals surface area contributed by atoms with Gasteiger partial charge in [0.1, 0.15) is 12.2 Å². The van der Waals surface area contributed by atoms with Gasteiger partial charge in [-0.25, -0.2) is 0 Å². The zero-order valence-corrected chi connectivity index (χ0v) is 14.8. The van der Waals surface area contributed by atoms with Crippen LogP contribution in [0.4, 0.5) is 0 Å². The van der Waals surface area contributed by atoms with Crippen molar-refractivity contribution in [1.29, 1.82) is 0 Å². The van der Waals surface area contributed by atoms with Crippen LogP contribution >= 0.6 is 0 Å². The number of hydrogen-bond donors (Lipinski definition) is 0. The second-order valence-corrected chi connectivity index (χ2v) is 6.10. The zero-order chi connectivity index (χ0) is 18.7. The summed E-state index contributed by atoms with van der Waals surface area (Å²) in [5, 5.41) is 0. The second-order valence-electron chi connectivity index (χ2n) is 6.10. The van der Waals surface area contributed by atoms with E-state index < -0.39 is 48.9 Å². The van der Waals surface area contributed by atoms with Gasteiger partial charge < -0.3 is 28.4 Å². The number of ether oxygens (including phenoxy) is 6. The summed E-state index contributed by atoms with van der Waals surface area (Å²) < 4.78 is 33.6. The number of hydrogen-bond acceptors (Lipinski definition) is 8. The van der Waals surface area contributed by atoms with E-state index in [0.717, 1.165) is 5.56 Å². The molecule has 0 aliphatic carbocycles. The van der Waals surface area contributed by atoms with Gasteiger partial charge in [-0.1, -0.05) is 30.3 Å². The summed E-state index contributed by atoms with van der Waals surface area (Å²) in [5.74, 6) is -1.06. The Hall–Kier alpha value is -2.00. The van der Waals surface area contributed by atoms with E-state index in [9.17, 15) is 9.59 Å². The minimum atomic E-state index is -0.947. The molecule has 0 spiro atoms.